The molecule has 0 saturated carbocycles. The molecule has 0 bridgehead atoms. The molecule has 0 aliphatic heterocycles. The number of rotatable bonds is 2. The van der Waals surface area contributed by atoms with E-state index in [4.69, 9.17) is 0 Å². The second-order valence-electron chi connectivity index (χ2n) is 3.23. The zero-order chi connectivity index (χ0) is 7.94. The smallest absolute Gasteiger partial charge is 0.0139 e. The summed E-state index contributed by atoms with van der Waals surface area (Å²) in [7, 11) is 0. The van der Waals surface area contributed by atoms with Crippen molar-refractivity contribution in [3.63, 3.8) is 0 Å². The van der Waals surface area contributed by atoms with E-state index >= 15 is 0 Å². The lowest BCUT2D eigenvalue weighted by Gasteiger charge is -1.99. The quantitative estimate of drug-likeness (QED) is 0.524. The lowest BCUT2D eigenvalue weighted by atomic mass is 10.1. The SMILES string of the molecule is CC=CCC1=CCCCCC1. The Morgan fingerprint density at radius 3 is 3.09 bits per heavy atom. The molecule has 1 aliphatic rings. The van der Waals surface area contributed by atoms with E-state index in [2.05, 4.69) is 25.2 Å². The Morgan fingerprint density at radius 2 is 2.27 bits per heavy atom. The standard InChI is InChI=1S/C11H18/c1-2-3-8-11-9-6-4-5-7-10-11/h2-3,9H,4-8,10H2,1H3. The molecule has 0 unspecified atom stereocenters. The third kappa shape index (κ3) is 3.41. The molecule has 0 aromatic rings. The first-order chi connectivity index (χ1) is 5.43. The molecular weight excluding hydrogens is 132 g/mol. The van der Waals surface area contributed by atoms with E-state index in [9.17, 15) is 0 Å². The Kier molecular flexibility index (Phi) is 4.03. The minimum atomic E-state index is 1.19. The van der Waals surface area contributed by atoms with Gasteiger partial charge in [-0.05, 0) is 39.0 Å². The monoisotopic (exact) mass is 150 g/mol. The lowest BCUT2D eigenvalue weighted by Crippen LogP contribution is -1.79. The van der Waals surface area contributed by atoms with Crippen molar-refractivity contribution in [1.29, 1.82) is 0 Å². The van der Waals surface area contributed by atoms with Crippen LogP contribution in [0.3, 0.4) is 0 Å². The maximum atomic E-state index is 2.44. The molecule has 0 radical (unpaired) electrons. The largest absolute Gasteiger partial charge is 0.0913 e. The van der Waals surface area contributed by atoms with Gasteiger partial charge in [-0.3, -0.25) is 0 Å². The first-order valence-electron chi connectivity index (χ1n) is 4.72. The molecule has 0 fully saturated rings. The van der Waals surface area contributed by atoms with Gasteiger partial charge in [-0.1, -0.05) is 30.2 Å². The second kappa shape index (κ2) is 5.17. The fourth-order valence-corrected chi connectivity index (χ4v) is 1.54. The lowest BCUT2D eigenvalue weighted by molar-refractivity contribution is 0.708. The van der Waals surface area contributed by atoms with Crippen LogP contribution in [-0.4, -0.2) is 0 Å². The highest BCUT2D eigenvalue weighted by Gasteiger charge is 1.99. The molecule has 0 N–H and O–H groups in total. The van der Waals surface area contributed by atoms with Crippen LogP contribution >= 0.6 is 0 Å². The summed E-state index contributed by atoms with van der Waals surface area (Å²) in [5.74, 6) is 0. The summed E-state index contributed by atoms with van der Waals surface area (Å²) in [5, 5.41) is 0. The summed E-state index contributed by atoms with van der Waals surface area (Å²) in [6.45, 7) is 2.09. The van der Waals surface area contributed by atoms with E-state index in [0.717, 1.165) is 0 Å². The molecule has 0 nitrogen and oxygen atoms in total. The first-order valence-corrected chi connectivity index (χ1v) is 4.72. The average Bonchev–Trinajstić information content (AvgIpc) is 2.28. The van der Waals surface area contributed by atoms with Gasteiger partial charge in [-0.2, -0.15) is 0 Å². The highest BCUT2D eigenvalue weighted by molar-refractivity contribution is 5.08. The zero-order valence-electron chi connectivity index (χ0n) is 7.47. The first kappa shape index (κ1) is 8.58. The van der Waals surface area contributed by atoms with E-state index in [0.29, 0.717) is 0 Å². The Hall–Kier alpha value is -0.520. The van der Waals surface area contributed by atoms with Crippen molar-refractivity contribution in [2.24, 2.45) is 0 Å². The normalized spacial score (nSPS) is 19.9. The molecular formula is C11H18. The van der Waals surface area contributed by atoms with Crippen LogP contribution in [0.25, 0.3) is 0 Å². The van der Waals surface area contributed by atoms with Crippen molar-refractivity contribution < 1.29 is 0 Å². The predicted octanol–water partition coefficient (Wildman–Crippen LogP) is 3.84. The summed E-state index contributed by atoms with van der Waals surface area (Å²) in [5.41, 5.74) is 1.65. The van der Waals surface area contributed by atoms with Crippen LogP contribution in [0.2, 0.25) is 0 Å². The molecule has 0 spiro atoms. The van der Waals surface area contributed by atoms with Crippen LogP contribution in [0.15, 0.2) is 23.8 Å². The van der Waals surface area contributed by atoms with Gasteiger partial charge in [0.2, 0.25) is 0 Å². The van der Waals surface area contributed by atoms with Crippen LogP contribution < -0.4 is 0 Å². The Labute approximate surface area is 70.0 Å². The maximum Gasteiger partial charge on any atom is -0.0139 e. The van der Waals surface area contributed by atoms with Crippen molar-refractivity contribution in [3.8, 4) is 0 Å². The molecule has 0 atom stereocenters. The van der Waals surface area contributed by atoms with Crippen molar-refractivity contribution in [3.05, 3.63) is 23.8 Å². The molecule has 1 rings (SSSR count). The third-order valence-corrected chi connectivity index (χ3v) is 2.25. The molecule has 0 heteroatoms. The maximum absolute atomic E-state index is 2.44. The van der Waals surface area contributed by atoms with E-state index < -0.39 is 0 Å². The molecule has 1 aliphatic carbocycles. The van der Waals surface area contributed by atoms with Crippen LogP contribution in [-0.2, 0) is 0 Å². The highest BCUT2D eigenvalue weighted by Crippen LogP contribution is 2.19. The van der Waals surface area contributed by atoms with Gasteiger partial charge in [-0.15, -0.1) is 0 Å². The van der Waals surface area contributed by atoms with Gasteiger partial charge in [0.15, 0.2) is 0 Å². The topological polar surface area (TPSA) is 0 Å². The summed E-state index contributed by atoms with van der Waals surface area (Å²) in [6, 6.07) is 0. The minimum absolute atomic E-state index is 1.19. The summed E-state index contributed by atoms with van der Waals surface area (Å²) in [4.78, 5) is 0. The average molecular weight is 150 g/mol. The van der Waals surface area contributed by atoms with Crippen LogP contribution in [0.1, 0.15) is 45.4 Å². The Bertz CT molecular complexity index is 151. The molecule has 0 heterocycles. The van der Waals surface area contributed by atoms with Crippen LogP contribution in [0.5, 0.6) is 0 Å². The Morgan fingerprint density at radius 1 is 1.36 bits per heavy atom. The second-order valence-corrected chi connectivity index (χ2v) is 3.23. The Balaban J connectivity index is 2.34. The summed E-state index contributed by atoms with van der Waals surface area (Å²) in [6.07, 6.45) is 14.9. The van der Waals surface area contributed by atoms with E-state index in [-0.39, 0.29) is 0 Å². The van der Waals surface area contributed by atoms with E-state index in [1.165, 1.54) is 38.5 Å². The van der Waals surface area contributed by atoms with Crippen molar-refractivity contribution in [2.75, 3.05) is 0 Å². The van der Waals surface area contributed by atoms with Crippen LogP contribution in [0, 0.1) is 0 Å². The van der Waals surface area contributed by atoms with Crippen molar-refractivity contribution in [1.82, 2.24) is 0 Å². The van der Waals surface area contributed by atoms with Gasteiger partial charge >= 0.3 is 0 Å². The van der Waals surface area contributed by atoms with Gasteiger partial charge < -0.3 is 0 Å². The van der Waals surface area contributed by atoms with Gasteiger partial charge in [0.25, 0.3) is 0 Å². The van der Waals surface area contributed by atoms with Gasteiger partial charge in [0, 0.05) is 0 Å². The highest BCUT2D eigenvalue weighted by atomic mass is 14.1. The van der Waals surface area contributed by atoms with Gasteiger partial charge in [-0.25, -0.2) is 0 Å². The van der Waals surface area contributed by atoms with Crippen LogP contribution in [0.4, 0.5) is 0 Å². The molecule has 11 heavy (non-hydrogen) atoms. The molecule has 0 aromatic heterocycles. The molecule has 62 valence electrons. The van der Waals surface area contributed by atoms with Gasteiger partial charge in [0.1, 0.15) is 0 Å². The summed E-state index contributed by atoms with van der Waals surface area (Å²) < 4.78 is 0. The minimum Gasteiger partial charge on any atom is -0.0913 e. The summed E-state index contributed by atoms with van der Waals surface area (Å²) >= 11 is 0. The third-order valence-electron chi connectivity index (χ3n) is 2.25. The van der Waals surface area contributed by atoms with Crippen molar-refractivity contribution >= 4 is 0 Å². The molecule has 0 amide bonds. The number of hydrogen-bond acceptors (Lipinski definition) is 0. The zero-order valence-corrected chi connectivity index (χ0v) is 7.47. The van der Waals surface area contributed by atoms with Gasteiger partial charge in [0.05, 0.1) is 0 Å². The fourth-order valence-electron chi connectivity index (χ4n) is 1.54. The number of hydrogen-bond donors (Lipinski definition) is 0. The fraction of sp³-hybridized carbons (Fsp3) is 0.636. The van der Waals surface area contributed by atoms with E-state index in [1.807, 2.05) is 0 Å². The molecule has 0 aromatic carbocycles. The number of allylic oxidation sites excluding steroid dienone is 4. The molecule has 0 saturated heterocycles. The predicted molar refractivity (Wildman–Crippen MR) is 50.6 cm³/mol. The van der Waals surface area contributed by atoms with E-state index in [1.54, 1.807) is 5.57 Å². The van der Waals surface area contributed by atoms with Crippen molar-refractivity contribution in [2.45, 2.75) is 45.4 Å².